The molecule has 0 fully saturated rings. The fourth-order valence-corrected chi connectivity index (χ4v) is 2.76. The number of carbonyl (C=O) groups is 4. The molecular formula is C18H12N2O6. The number of hydrogen-bond acceptors (Lipinski definition) is 6. The minimum atomic E-state index is -0.718. The van der Waals surface area contributed by atoms with Crippen molar-refractivity contribution < 1.29 is 28.7 Å². The molecule has 26 heavy (non-hydrogen) atoms. The number of esters is 1. The van der Waals surface area contributed by atoms with E-state index in [1.807, 2.05) is 0 Å². The fraction of sp³-hybridized carbons (Fsp3) is 0.111. The van der Waals surface area contributed by atoms with Gasteiger partial charge in [0.25, 0.3) is 17.7 Å². The summed E-state index contributed by atoms with van der Waals surface area (Å²) < 4.78 is 10.3. The molecule has 1 N–H and O–H groups in total. The molecular weight excluding hydrogens is 340 g/mol. The highest BCUT2D eigenvalue weighted by molar-refractivity contribution is 6.21. The molecule has 8 heteroatoms. The summed E-state index contributed by atoms with van der Waals surface area (Å²) >= 11 is 0. The Morgan fingerprint density at radius 3 is 2.46 bits per heavy atom. The van der Waals surface area contributed by atoms with Crippen LogP contribution in [-0.2, 0) is 9.53 Å². The molecule has 0 spiro atoms. The van der Waals surface area contributed by atoms with Gasteiger partial charge in [-0.1, -0.05) is 12.1 Å². The predicted molar refractivity (Wildman–Crippen MR) is 87.8 cm³/mol. The second kappa shape index (κ2) is 5.99. The number of benzene rings is 2. The first-order valence-corrected chi connectivity index (χ1v) is 7.73. The van der Waals surface area contributed by atoms with Gasteiger partial charge in [-0.2, -0.15) is 0 Å². The third-order valence-corrected chi connectivity index (χ3v) is 4.05. The minimum Gasteiger partial charge on any atom is -0.482 e. The third kappa shape index (κ3) is 2.57. The lowest BCUT2D eigenvalue weighted by molar-refractivity contribution is -0.118. The number of amides is 3. The third-order valence-electron chi connectivity index (χ3n) is 4.05. The molecule has 8 nitrogen and oxygen atoms in total. The SMILES string of the molecule is O=C1COc2cc(C(=O)OCN3C(=O)c4ccccc4C3=O)ccc2N1. The van der Waals surface area contributed by atoms with Gasteiger partial charge in [0, 0.05) is 0 Å². The van der Waals surface area contributed by atoms with E-state index < -0.39 is 24.5 Å². The molecule has 0 aromatic heterocycles. The van der Waals surface area contributed by atoms with Crippen molar-refractivity contribution in [3.63, 3.8) is 0 Å². The highest BCUT2D eigenvalue weighted by Gasteiger charge is 2.35. The van der Waals surface area contributed by atoms with Gasteiger partial charge in [0.15, 0.2) is 13.3 Å². The van der Waals surface area contributed by atoms with Crippen molar-refractivity contribution in [2.45, 2.75) is 0 Å². The van der Waals surface area contributed by atoms with Crippen molar-refractivity contribution in [2.24, 2.45) is 0 Å². The second-order valence-corrected chi connectivity index (χ2v) is 5.69. The molecule has 2 aromatic carbocycles. The van der Waals surface area contributed by atoms with Crippen LogP contribution in [0.3, 0.4) is 0 Å². The molecule has 2 heterocycles. The van der Waals surface area contributed by atoms with Crippen molar-refractivity contribution in [3.05, 3.63) is 59.2 Å². The highest BCUT2D eigenvalue weighted by Crippen LogP contribution is 2.29. The number of carbonyl (C=O) groups excluding carboxylic acids is 4. The average molecular weight is 352 g/mol. The minimum absolute atomic E-state index is 0.138. The monoisotopic (exact) mass is 352 g/mol. The van der Waals surface area contributed by atoms with E-state index in [4.69, 9.17) is 9.47 Å². The van der Waals surface area contributed by atoms with Crippen LogP contribution < -0.4 is 10.1 Å². The summed E-state index contributed by atoms with van der Waals surface area (Å²) in [6.07, 6.45) is 0. The zero-order valence-electron chi connectivity index (χ0n) is 13.4. The Balaban J connectivity index is 1.46. The summed E-state index contributed by atoms with van der Waals surface area (Å²) in [7, 11) is 0. The molecule has 0 saturated carbocycles. The number of hydrogen-bond donors (Lipinski definition) is 1. The number of nitrogens with zero attached hydrogens (tertiary/aromatic N) is 1. The van der Waals surface area contributed by atoms with Crippen LogP contribution in [0.25, 0.3) is 0 Å². The van der Waals surface area contributed by atoms with Gasteiger partial charge in [0.2, 0.25) is 0 Å². The molecule has 0 unspecified atom stereocenters. The van der Waals surface area contributed by atoms with Gasteiger partial charge in [0.1, 0.15) is 5.75 Å². The van der Waals surface area contributed by atoms with E-state index in [2.05, 4.69) is 5.32 Å². The van der Waals surface area contributed by atoms with E-state index >= 15 is 0 Å². The van der Waals surface area contributed by atoms with Crippen molar-refractivity contribution in [3.8, 4) is 5.75 Å². The predicted octanol–water partition coefficient (Wildman–Crippen LogP) is 1.43. The number of imide groups is 1. The molecule has 0 radical (unpaired) electrons. The molecule has 0 atom stereocenters. The highest BCUT2D eigenvalue weighted by atomic mass is 16.5. The molecule has 3 amide bonds. The molecule has 0 aliphatic carbocycles. The average Bonchev–Trinajstić information content (AvgIpc) is 2.90. The molecule has 0 bridgehead atoms. The van der Waals surface area contributed by atoms with Crippen LogP contribution in [0.2, 0.25) is 0 Å². The number of rotatable bonds is 3. The summed E-state index contributed by atoms with van der Waals surface area (Å²) in [5.41, 5.74) is 1.20. The summed E-state index contributed by atoms with van der Waals surface area (Å²) in [5, 5.41) is 2.61. The van der Waals surface area contributed by atoms with E-state index in [1.165, 1.54) is 18.2 Å². The van der Waals surface area contributed by atoms with Gasteiger partial charge >= 0.3 is 5.97 Å². The zero-order chi connectivity index (χ0) is 18.3. The Bertz CT molecular complexity index is 933. The number of nitrogens with one attached hydrogen (secondary N) is 1. The largest absolute Gasteiger partial charge is 0.482 e. The Labute approximate surface area is 147 Å². The maximum Gasteiger partial charge on any atom is 0.340 e. The van der Waals surface area contributed by atoms with Gasteiger partial charge in [0.05, 0.1) is 22.4 Å². The van der Waals surface area contributed by atoms with Crippen LogP contribution in [0.5, 0.6) is 5.75 Å². The summed E-state index contributed by atoms with van der Waals surface area (Å²) in [5.74, 6) is -1.66. The smallest absolute Gasteiger partial charge is 0.340 e. The van der Waals surface area contributed by atoms with Crippen LogP contribution >= 0.6 is 0 Å². The standard InChI is InChI=1S/C18H12N2O6/c21-15-8-25-14-7-10(5-6-13(14)19-15)18(24)26-9-20-16(22)11-3-1-2-4-12(11)17(20)23/h1-7H,8-9H2,(H,19,21). The molecule has 130 valence electrons. The number of ether oxygens (including phenoxy) is 2. The fourth-order valence-electron chi connectivity index (χ4n) is 2.76. The Morgan fingerprint density at radius 1 is 1.08 bits per heavy atom. The van der Waals surface area contributed by atoms with E-state index in [1.54, 1.807) is 24.3 Å². The number of anilines is 1. The van der Waals surface area contributed by atoms with Crippen LogP contribution in [0, 0.1) is 0 Å². The summed E-state index contributed by atoms with van der Waals surface area (Å²) in [6, 6.07) is 10.8. The normalized spacial score (nSPS) is 15.1. The molecule has 2 aromatic rings. The molecule has 4 rings (SSSR count). The van der Waals surface area contributed by atoms with E-state index in [0.29, 0.717) is 11.4 Å². The van der Waals surface area contributed by atoms with Crippen LogP contribution in [0.4, 0.5) is 5.69 Å². The first-order valence-electron chi connectivity index (χ1n) is 7.73. The maximum absolute atomic E-state index is 12.2. The lowest BCUT2D eigenvalue weighted by atomic mass is 10.1. The van der Waals surface area contributed by atoms with Gasteiger partial charge in [-0.05, 0) is 30.3 Å². The van der Waals surface area contributed by atoms with E-state index in [0.717, 1.165) is 4.90 Å². The zero-order valence-corrected chi connectivity index (χ0v) is 13.4. The topological polar surface area (TPSA) is 102 Å². The van der Waals surface area contributed by atoms with Crippen molar-refractivity contribution >= 4 is 29.4 Å². The van der Waals surface area contributed by atoms with Crippen LogP contribution in [0.1, 0.15) is 31.1 Å². The van der Waals surface area contributed by atoms with Crippen LogP contribution in [-0.4, -0.2) is 41.9 Å². The van der Waals surface area contributed by atoms with Gasteiger partial charge < -0.3 is 14.8 Å². The lowest BCUT2D eigenvalue weighted by Gasteiger charge is -2.18. The second-order valence-electron chi connectivity index (χ2n) is 5.69. The molecule has 0 saturated heterocycles. The lowest BCUT2D eigenvalue weighted by Crippen LogP contribution is -2.33. The van der Waals surface area contributed by atoms with Crippen molar-refractivity contribution in [1.82, 2.24) is 4.90 Å². The first kappa shape index (κ1) is 15.8. The Morgan fingerprint density at radius 2 is 1.77 bits per heavy atom. The van der Waals surface area contributed by atoms with Crippen molar-refractivity contribution in [1.29, 1.82) is 0 Å². The summed E-state index contributed by atoms with van der Waals surface area (Å²) in [6.45, 7) is -0.625. The maximum atomic E-state index is 12.2. The Kier molecular flexibility index (Phi) is 3.65. The van der Waals surface area contributed by atoms with Gasteiger partial charge in [-0.15, -0.1) is 0 Å². The molecule has 2 aliphatic rings. The van der Waals surface area contributed by atoms with Gasteiger partial charge in [-0.25, -0.2) is 9.69 Å². The Hall–Kier alpha value is -3.68. The first-order chi connectivity index (χ1) is 12.5. The molecule has 2 aliphatic heterocycles. The summed E-state index contributed by atoms with van der Waals surface area (Å²) in [4.78, 5) is 48.8. The van der Waals surface area contributed by atoms with E-state index in [9.17, 15) is 19.2 Å². The van der Waals surface area contributed by atoms with E-state index in [-0.39, 0.29) is 29.2 Å². The number of fused-ring (bicyclic) bond motifs is 2. The van der Waals surface area contributed by atoms with Crippen molar-refractivity contribution in [2.75, 3.05) is 18.7 Å². The quantitative estimate of drug-likeness (QED) is 0.662. The van der Waals surface area contributed by atoms with Gasteiger partial charge in [-0.3, -0.25) is 14.4 Å². The van der Waals surface area contributed by atoms with Crippen LogP contribution in [0.15, 0.2) is 42.5 Å².